The van der Waals surface area contributed by atoms with Gasteiger partial charge in [-0.05, 0) is 126 Å². The molecule has 1 aliphatic heterocycles. The molecular formula is C70H53N3. The Morgan fingerprint density at radius 1 is 0.301 bits per heavy atom. The molecular weight excluding hydrogens is 883 g/mol. The highest BCUT2D eigenvalue weighted by atomic mass is 15.1. The van der Waals surface area contributed by atoms with E-state index in [2.05, 4.69) is 274 Å². The summed E-state index contributed by atoms with van der Waals surface area (Å²) in [5.41, 5.74) is 23.7. The Labute approximate surface area is 429 Å². The van der Waals surface area contributed by atoms with Crippen LogP contribution in [0.25, 0.3) is 112 Å². The maximum Gasteiger partial charge on any atom is 0.0702 e. The molecule has 0 amide bonds. The van der Waals surface area contributed by atoms with E-state index in [0.717, 1.165) is 84.7 Å². The SMILES string of the molecule is CC1(C)C=CN(c2ccc(-c3ccccc3-c3cc(-c4ccccc4-c4ccc(-c5ccccc5)nc4)cc(-c4ccccc4-c4ccc(-c5cccc(-c6ccc(-c7ccccc7)cc6)c5)nc4)c3)cc2)C1. The van der Waals surface area contributed by atoms with Crippen molar-refractivity contribution in [3.05, 3.63) is 273 Å². The lowest BCUT2D eigenvalue weighted by Crippen LogP contribution is -2.22. The largest absolute Gasteiger partial charge is 0.347 e. The summed E-state index contributed by atoms with van der Waals surface area (Å²) in [5, 5.41) is 0. The lowest BCUT2D eigenvalue weighted by atomic mass is 9.86. The molecule has 0 bridgehead atoms. The predicted octanol–water partition coefficient (Wildman–Crippen LogP) is 18.5. The molecule has 11 aromatic rings. The van der Waals surface area contributed by atoms with Gasteiger partial charge in [0.15, 0.2) is 0 Å². The summed E-state index contributed by atoms with van der Waals surface area (Å²) in [6.45, 7) is 5.54. The molecule has 0 radical (unpaired) electrons. The van der Waals surface area contributed by atoms with Gasteiger partial charge in [-0.2, -0.15) is 0 Å². The summed E-state index contributed by atoms with van der Waals surface area (Å²) in [6, 6.07) is 89.5. The van der Waals surface area contributed by atoms with Crippen LogP contribution in [0.3, 0.4) is 0 Å². The van der Waals surface area contributed by atoms with Crippen LogP contribution in [0.5, 0.6) is 0 Å². The summed E-state index contributed by atoms with van der Waals surface area (Å²) in [5.74, 6) is 0. The van der Waals surface area contributed by atoms with Gasteiger partial charge in [-0.25, -0.2) is 0 Å². The van der Waals surface area contributed by atoms with E-state index in [-0.39, 0.29) is 5.41 Å². The van der Waals surface area contributed by atoms with Gasteiger partial charge in [0.2, 0.25) is 0 Å². The molecule has 0 fully saturated rings. The molecule has 0 aliphatic carbocycles. The van der Waals surface area contributed by atoms with Gasteiger partial charge in [0.1, 0.15) is 0 Å². The van der Waals surface area contributed by atoms with Crippen LogP contribution in [0.1, 0.15) is 13.8 Å². The number of pyridine rings is 2. The maximum atomic E-state index is 5.12. The van der Waals surface area contributed by atoms with Gasteiger partial charge in [-0.15, -0.1) is 0 Å². The van der Waals surface area contributed by atoms with Crippen molar-refractivity contribution in [3.8, 4) is 112 Å². The Bertz CT molecular complexity index is 3740. The minimum atomic E-state index is 0.150. The molecule has 3 heterocycles. The lowest BCUT2D eigenvalue weighted by Gasteiger charge is -2.22. The van der Waals surface area contributed by atoms with E-state index in [4.69, 9.17) is 9.97 Å². The first kappa shape index (κ1) is 45.0. The first-order valence-corrected chi connectivity index (χ1v) is 25.1. The quantitative estimate of drug-likeness (QED) is 0.129. The first-order valence-electron chi connectivity index (χ1n) is 25.1. The van der Waals surface area contributed by atoms with Crippen molar-refractivity contribution < 1.29 is 0 Å². The van der Waals surface area contributed by atoms with Crippen LogP contribution >= 0.6 is 0 Å². The molecule has 0 N–H and O–H groups in total. The number of benzene rings is 9. The molecule has 348 valence electrons. The summed E-state index contributed by atoms with van der Waals surface area (Å²) in [6.07, 6.45) is 8.55. The van der Waals surface area contributed by atoms with Crippen molar-refractivity contribution in [1.29, 1.82) is 0 Å². The molecule has 0 saturated carbocycles. The van der Waals surface area contributed by atoms with Crippen molar-refractivity contribution in [2.75, 3.05) is 11.4 Å². The van der Waals surface area contributed by atoms with E-state index >= 15 is 0 Å². The third kappa shape index (κ3) is 9.45. The van der Waals surface area contributed by atoms with Crippen LogP contribution in [0.4, 0.5) is 5.69 Å². The smallest absolute Gasteiger partial charge is 0.0702 e. The topological polar surface area (TPSA) is 29.0 Å². The summed E-state index contributed by atoms with van der Waals surface area (Å²) >= 11 is 0. The van der Waals surface area contributed by atoms with Crippen molar-refractivity contribution in [1.82, 2.24) is 9.97 Å². The number of anilines is 1. The van der Waals surface area contributed by atoms with Crippen molar-refractivity contribution in [2.24, 2.45) is 5.41 Å². The Morgan fingerprint density at radius 3 is 1.12 bits per heavy atom. The highest BCUT2D eigenvalue weighted by Crippen LogP contribution is 2.43. The fourth-order valence-corrected chi connectivity index (χ4v) is 10.3. The molecule has 0 unspecified atom stereocenters. The van der Waals surface area contributed by atoms with Crippen molar-refractivity contribution >= 4 is 5.69 Å². The second-order valence-corrected chi connectivity index (χ2v) is 19.7. The highest BCUT2D eigenvalue weighted by molar-refractivity contribution is 5.94. The van der Waals surface area contributed by atoms with Crippen LogP contribution in [0.2, 0.25) is 0 Å². The van der Waals surface area contributed by atoms with Gasteiger partial charge in [-0.3, -0.25) is 9.97 Å². The molecule has 9 aromatic carbocycles. The second-order valence-electron chi connectivity index (χ2n) is 19.7. The molecule has 12 rings (SSSR count). The predicted molar refractivity (Wildman–Crippen MR) is 307 cm³/mol. The number of hydrogen-bond donors (Lipinski definition) is 0. The summed E-state index contributed by atoms with van der Waals surface area (Å²) < 4.78 is 0. The second kappa shape index (κ2) is 19.5. The van der Waals surface area contributed by atoms with Gasteiger partial charge in [0.05, 0.1) is 11.4 Å². The number of rotatable bonds is 11. The zero-order chi connectivity index (χ0) is 49.1. The van der Waals surface area contributed by atoms with E-state index in [1.165, 1.54) is 39.1 Å². The first-order chi connectivity index (χ1) is 35.9. The van der Waals surface area contributed by atoms with E-state index in [1.54, 1.807) is 0 Å². The molecule has 3 nitrogen and oxygen atoms in total. The Kier molecular flexibility index (Phi) is 12.0. The van der Waals surface area contributed by atoms with Crippen LogP contribution in [0.15, 0.2) is 273 Å². The Balaban J connectivity index is 0.927. The molecule has 0 atom stereocenters. The standard InChI is InChI=1S/C70H53N3/c1-70(2)40-41-73(48-70)61-36-32-52(33-37-61)62-22-9-12-25-65(62)58-43-59(66-26-13-10-23-63(66)56-34-38-68(71-46-56)53-18-7-4-8-19-53)45-60(44-58)67-27-14-11-24-64(67)57-35-39-69(72-47-57)55-21-15-20-54(42-55)51-30-28-50(29-31-51)49-16-5-3-6-17-49/h3-47H,48H2,1-2H3. The summed E-state index contributed by atoms with van der Waals surface area (Å²) in [4.78, 5) is 12.4. The number of hydrogen-bond acceptors (Lipinski definition) is 3. The Hall–Kier alpha value is -9.18. The number of nitrogens with zero attached hydrogens (tertiary/aromatic N) is 3. The van der Waals surface area contributed by atoms with Gasteiger partial charge in [0, 0.05) is 58.5 Å². The molecule has 2 aromatic heterocycles. The molecule has 1 aliphatic rings. The van der Waals surface area contributed by atoms with E-state index < -0.39 is 0 Å². The average molecular weight is 936 g/mol. The lowest BCUT2D eigenvalue weighted by molar-refractivity contribution is 0.516. The summed E-state index contributed by atoms with van der Waals surface area (Å²) in [7, 11) is 0. The average Bonchev–Trinajstić information content (AvgIpc) is 3.84. The van der Waals surface area contributed by atoms with Crippen molar-refractivity contribution in [3.63, 3.8) is 0 Å². The van der Waals surface area contributed by atoms with Gasteiger partial charge in [0.25, 0.3) is 0 Å². The molecule has 3 heteroatoms. The number of aromatic nitrogens is 2. The van der Waals surface area contributed by atoms with E-state index in [1.807, 2.05) is 18.5 Å². The normalized spacial score (nSPS) is 12.8. The third-order valence-electron chi connectivity index (χ3n) is 14.1. The minimum absolute atomic E-state index is 0.150. The molecule has 0 saturated heterocycles. The zero-order valence-electron chi connectivity index (χ0n) is 41.0. The fourth-order valence-electron chi connectivity index (χ4n) is 10.3. The zero-order valence-corrected chi connectivity index (χ0v) is 41.0. The van der Waals surface area contributed by atoms with Gasteiger partial charge in [-0.1, -0.05) is 220 Å². The fraction of sp³-hybridized carbons (Fsp3) is 0.0571. The van der Waals surface area contributed by atoms with Gasteiger partial charge >= 0.3 is 0 Å². The van der Waals surface area contributed by atoms with Crippen LogP contribution < -0.4 is 4.90 Å². The van der Waals surface area contributed by atoms with E-state index in [0.29, 0.717) is 0 Å². The molecule has 73 heavy (non-hydrogen) atoms. The van der Waals surface area contributed by atoms with Crippen LogP contribution in [-0.4, -0.2) is 16.5 Å². The molecule has 0 spiro atoms. The monoisotopic (exact) mass is 935 g/mol. The van der Waals surface area contributed by atoms with E-state index in [9.17, 15) is 0 Å². The Morgan fingerprint density at radius 2 is 0.658 bits per heavy atom. The van der Waals surface area contributed by atoms with Gasteiger partial charge < -0.3 is 4.90 Å². The van der Waals surface area contributed by atoms with Crippen LogP contribution in [-0.2, 0) is 0 Å². The van der Waals surface area contributed by atoms with Crippen LogP contribution in [0, 0.1) is 5.41 Å². The maximum absolute atomic E-state index is 5.12. The third-order valence-corrected chi connectivity index (χ3v) is 14.1. The highest BCUT2D eigenvalue weighted by Gasteiger charge is 2.24. The minimum Gasteiger partial charge on any atom is -0.347 e. The van der Waals surface area contributed by atoms with Crippen molar-refractivity contribution in [2.45, 2.75) is 13.8 Å².